The van der Waals surface area contributed by atoms with Crippen molar-refractivity contribution in [3.63, 3.8) is 0 Å². The Morgan fingerprint density at radius 3 is 3.00 bits per heavy atom. The summed E-state index contributed by atoms with van der Waals surface area (Å²) in [4.78, 5) is 14.2. The van der Waals surface area contributed by atoms with Crippen molar-refractivity contribution in [1.82, 2.24) is 4.90 Å². The zero-order chi connectivity index (χ0) is 14.8. The average molecular weight is 305 g/mol. The van der Waals surface area contributed by atoms with Crippen LogP contribution in [0.25, 0.3) is 0 Å². The number of aliphatic hydroxyl groups is 1. The number of fused-ring (bicyclic) bond motifs is 1. The van der Waals surface area contributed by atoms with Crippen molar-refractivity contribution in [1.29, 1.82) is 0 Å². The van der Waals surface area contributed by atoms with Gasteiger partial charge in [0.2, 0.25) is 5.91 Å². The second-order valence-corrected chi connectivity index (χ2v) is 7.33. The first-order valence-corrected chi connectivity index (χ1v) is 8.88. The summed E-state index contributed by atoms with van der Waals surface area (Å²) in [6, 6.07) is 8.44. The summed E-state index contributed by atoms with van der Waals surface area (Å²) >= 11 is 1.69. The fourth-order valence-corrected chi connectivity index (χ4v) is 4.46. The van der Waals surface area contributed by atoms with E-state index in [2.05, 4.69) is 31.2 Å². The van der Waals surface area contributed by atoms with E-state index in [0.717, 1.165) is 31.7 Å². The molecular formula is C17H23NO2S. The minimum atomic E-state index is -0.187. The molecule has 1 N–H and O–H groups in total. The summed E-state index contributed by atoms with van der Waals surface area (Å²) in [6.45, 7) is 3.70. The first-order chi connectivity index (χ1) is 10.1. The normalized spacial score (nSPS) is 27.9. The van der Waals surface area contributed by atoms with Gasteiger partial charge in [0.1, 0.15) is 0 Å². The second-order valence-electron chi connectivity index (χ2n) is 6.35. The Morgan fingerprint density at radius 2 is 2.24 bits per heavy atom. The summed E-state index contributed by atoms with van der Waals surface area (Å²) in [5.41, 5.74) is 2.54. The predicted octanol–water partition coefficient (Wildman–Crippen LogP) is 2.46. The van der Waals surface area contributed by atoms with Crippen LogP contribution in [0.2, 0.25) is 0 Å². The molecule has 3 atom stereocenters. The van der Waals surface area contributed by atoms with E-state index in [-0.39, 0.29) is 12.0 Å². The van der Waals surface area contributed by atoms with E-state index in [1.165, 1.54) is 11.1 Å². The predicted molar refractivity (Wildman–Crippen MR) is 86.1 cm³/mol. The van der Waals surface area contributed by atoms with Crippen molar-refractivity contribution in [3.8, 4) is 0 Å². The van der Waals surface area contributed by atoms with Crippen LogP contribution >= 0.6 is 11.8 Å². The van der Waals surface area contributed by atoms with Gasteiger partial charge in [0.05, 0.1) is 11.9 Å². The molecule has 1 saturated heterocycles. The molecule has 2 fully saturated rings. The van der Waals surface area contributed by atoms with Crippen molar-refractivity contribution >= 4 is 17.7 Å². The van der Waals surface area contributed by atoms with Crippen molar-refractivity contribution < 1.29 is 9.90 Å². The van der Waals surface area contributed by atoms with E-state index in [0.29, 0.717) is 17.6 Å². The van der Waals surface area contributed by atoms with Crippen LogP contribution in [0.3, 0.4) is 0 Å². The number of hydrogen-bond acceptors (Lipinski definition) is 3. The highest BCUT2D eigenvalue weighted by molar-refractivity contribution is 7.99. The van der Waals surface area contributed by atoms with Gasteiger partial charge in [0.15, 0.2) is 0 Å². The highest BCUT2D eigenvalue weighted by Gasteiger charge is 2.42. The highest BCUT2D eigenvalue weighted by atomic mass is 32.2. The van der Waals surface area contributed by atoms with Crippen LogP contribution in [0.1, 0.15) is 24.0 Å². The standard InChI is InChI=1S/C17H23NO2S/c1-12-3-2-4-13(7-12)10-21-11-17(20)18-8-14-5-6-16(19)15(14)9-18/h2-4,7,14-16,19H,5-6,8-11H2,1H3. The van der Waals surface area contributed by atoms with Crippen LogP contribution in [-0.4, -0.2) is 40.9 Å². The number of benzene rings is 1. The third-order valence-corrected chi connectivity index (χ3v) is 5.74. The molecule has 4 heteroatoms. The molecule has 3 nitrogen and oxygen atoms in total. The number of likely N-dealkylation sites (tertiary alicyclic amines) is 1. The van der Waals surface area contributed by atoms with Crippen molar-refractivity contribution in [2.24, 2.45) is 11.8 Å². The summed E-state index contributed by atoms with van der Waals surface area (Å²) in [5, 5.41) is 9.91. The van der Waals surface area contributed by atoms with Crippen molar-refractivity contribution in [2.75, 3.05) is 18.8 Å². The van der Waals surface area contributed by atoms with Gasteiger partial charge in [-0.15, -0.1) is 11.8 Å². The van der Waals surface area contributed by atoms with Crippen LogP contribution in [0.5, 0.6) is 0 Å². The van der Waals surface area contributed by atoms with E-state index >= 15 is 0 Å². The minimum absolute atomic E-state index is 0.187. The van der Waals surface area contributed by atoms with Gasteiger partial charge in [-0.25, -0.2) is 0 Å². The van der Waals surface area contributed by atoms with E-state index in [1.54, 1.807) is 11.8 Å². The van der Waals surface area contributed by atoms with E-state index < -0.39 is 0 Å². The SMILES string of the molecule is Cc1cccc(CSCC(=O)N2CC3CCC(O)C3C2)c1. The number of thioether (sulfide) groups is 1. The molecule has 1 aromatic rings. The van der Waals surface area contributed by atoms with Gasteiger partial charge in [-0.1, -0.05) is 29.8 Å². The van der Waals surface area contributed by atoms with Crippen LogP contribution in [0, 0.1) is 18.8 Å². The molecule has 21 heavy (non-hydrogen) atoms. The summed E-state index contributed by atoms with van der Waals surface area (Å²) in [7, 11) is 0. The number of carbonyl (C=O) groups is 1. The number of hydrogen-bond donors (Lipinski definition) is 1. The molecular weight excluding hydrogens is 282 g/mol. The maximum atomic E-state index is 12.3. The Bertz CT molecular complexity index is 519. The Labute approximate surface area is 130 Å². The Morgan fingerprint density at radius 1 is 1.38 bits per heavy atom. The van der Waals surface area contributed by atoms with Crippen molar-refractivity contribution in [3.05, 3.63) is 35.4 Å². The molecule has 2 aliphatic rings. The quantitative estimate of drug-likeness (QED) is 0.929. The fourth-order valence-electron chi connectivity index (χ4n) is 3.59. The molecule has 1 saturated carbocycles. The lowest BCUT2D eigenvalue weighted by Crippen LogP contribution is -2.32. The summed E-state index contributed by atoms with van der Waals surface area (Å²) < 4.78 is 0. The zero-order valence-corrected chi connectivity index (χ0v) is 13.3. The molecule has 1 aromatic carbocycles. The lowest BCUT2D eigenvalue weighted by atomic mass is 10.00. The third kappa shape index (κ3) is 3.43. The second kappa shape index (κ2) is 6.41. The molecule has 3 unspecified atom stereocenters. The molecule has 1 aliphatic carbocycles. The van der Waals surface area contributed by atoms with Gasteiger partial charge < -0.3 is 10.0 Å². The monoisotopic (exact) mass is 305 g/mol. The number of aryl methyl sites for hydroxylation is 1. The maximum Gasteiger partial charge on any atom is 0.232 e. The summed E-state index contributed by atoms with van der Waals surface area (Å²) in [6.07, 6.45) is 1.80. The van der Waals surface area contributed by atoms with Gasteiger partial charge in [-0.3, -0.25) is 4.79 Å². The number of nitrogens with zero attached hydrogens (tertiary/aromatic N) is 1. The molecule has 1 heterocycles. The van der Waals surface area contributed by atoms with Crippen LogP contribution < -0.4 is 0 Å². The maximum absolute atomic E-state index is 12.3. The third-order valence-electron chi connectivity index (χ3n) is 4.75. The molecule has 0 bridgehead atoms. The van der Waals surface area contributed by atoms with Crippen LogP contribution in [-0.2, 0) is 10.5 Å². The Kier molecular flexibility index (Phi) is 4.55. The first kappa shape index (κ1) is 14.9. The van der Waals surface area contributed by atoms with Crippen molar-refractivity contribution in [2.45, 2.75) is 31.6 Å². The first-order valence-electron chi connectivity index (χ1n) is 7.72. The molecule has 0 radical (unpaired) electrons. The van der Waals surface area contributed by atoms with Gasteiger partial charge in [-0.2, -0.15) is 0 Å². The van der Waals surface area contributed by atoms with E-state index in [4.69, 9.17) is 0 Å². The van der Waals surface area contributed by atoms with Crippen LogP contribution in [0.15, 0.2) is 24.3 Å². The molecule has 0 aromatic heterocycles. The van der Waals surface area contributed by atoms with Gasteiger partial charge in [-0.05, 0) is 31.2 Å². The molecule has 1 amide bonds. The zero-order valence-electron chi connectivity index (χ0n) is 12.5. The summed E-state index contributed by atoms with van der Waals surface area (Å²) in [5.74, 6) is 2.52. The topological polar surface area (TPSA) is 40.5 Å². The number of carbonyl (C=O) groups excluding carboxylic acids is 1. The smallest absolute Gasteiger partial charge is 0.232 e. The minimum Gasteiger partial charge on any atom is -0.393 e. The molecule has 3 rings (SSSR count). The molecule has 1 aliphatic heterocycles. The Balaban J connectivity index is 1.45. The largest absolute Gasteiger partial charge is 0.393 e. The molecule has 114 valence electrons. The number of amides is 1. The number of rotatable bonds is 4. The van der Waals surface area contributed by atoms with Gasteiger partial charge >= 0.3 is 0 Å². The lowest BCUT2D eigenvalue weighted by molar-refractivity contribution is -0.127. The Hall–Kier alpha value is -1.00. The fraction of sp³-hybridized carbons (Fsp3) is 0.588. The van der Waals surface area contributed by atoms with Gasteiger partial charge in [0.25, 0.3) is 0 Å². The number of aliphatic hydroxyl groups excluding tert-OH is 1. The average Bonchev–Trinajstić information content (AvgIpc) is 3.02. The molecule has 0 spiro atoms. The van der Waals surface area contributed by atoms with E-state index in [9.17, 15) is 9.90 Å². The lowest BCUT2D eigenvalue weighted by Gasteiger charge is -2.18. The van der Waals surface area contributed by atoms with Crippen LogP contribution in [0.4, 0.5) is 0 Å². The highest BCUT2D eigenvalue weighted by Crippen LogP contribution is 2.38. The van der Waals surface area contributed by atoms with Gasteiger partial charge in [0, 0.05) is 24.8 Å². The van der Waals surface area contributed by atoms with E-state index in [1.807, 2.05) is 4.90 Å².